The van der Waals surface area contributed by atoms with Gasteiger partial charge in [0.05, 0.1) is 13.2 Å². The maximum atomic E-state index is 11.0. The second kappa shape index (κ2) is 6.27. The maximum Gasteiger partial charge on any atom is 0.330 e. The van der Waals surface area contributed by atoms with Gasteiger partial charge in [-0.15, -0.1) is 0 Å². The highest BCUT2D eigenvalue weighted by molar-refractivity contribution is 5.81. The lowest BCUT2D eigenvalue weighted by Crippen LogP contribution is -2.24. The first kappa shape index (κ1) is 13.5. The Kier molecular flexibility index (Phi) is 4.44. The summed E-state index contributed by atoms with van der Waals surface area (Å²) >= 11 is 0. The van der Waals surface area contributed by atoms with Gasteiger partial charge in [0, 0.05) is 6.08 Å². The monoisotopic (exact) mass is 262 g/mol. The van der Waals surface area contributed by atoms with Crippen LogP contribution in [0.15, 0.2) is 30.9 Å². The summed E-state index contributed by atoms with van der Waals surface area (Å²) in [6.07, 6.45) is 4.87. The molecule has 0 unspecified atom stereocenters. The lowest BCUT2D eigenvalue weighted by Gasteiger charge is -2.27. The van der Waals surface area contributed by atoms with Gasteiger partial charge in [0.1, 0.15) is 6.61 Å². The summed E-state index contributed by atoms with van der Waals surface area (Å²) < 4.78 is 16.1. The number of ether oxygens (including phenoxy) is 3. The van der Waals surface area contributed by atoms with Gasteiger partial charge in [-0.2, -0.15) is 0 Å². The van der Waals surface area contributed by atoms with E-state index in [9.17, 15) is 4.79 Å². The van der Waals surface area contributed by atoms with E-state index in [-0.39, 0.29) is 6.61 Å². The van der Waals surface area contributed by atoms with E-state index >= 15 is 0 Å². The summed E-state index contributed by atoms with van der Waals surface area (Å²) in [4.78, 5) is 11.0. The van der Waals surface area contributed by atoms with Gasteiger partial charge in [-0.05, 0) is 37.0 Å². The standard InChI is InChI=1S/C15H18O4/c1-3-15(16)18-10-11-7-8-13(14(9-11)17-2)19-12-5-4-6-12/h3,7-9,12H,1,4-6,10H2,2H3. The van der Waals surface area contributed by atoms with E-state index in [1.54, 1.807) is 7.11 Å². The van der Waals surface area contributed by atoms with Crippen molar-refractivity contribution in [2.24, 2.45) is 0 Å². The van der Waals surface area contributed by atoms with Gasteiger partial charge in [-0.1, -0.05) is 12.6 Å². The van der Waals surface area contributed by atoms with Crippen LogP contribution in [0.5, 0.6) is 11.5 Å². The van der Waals surface area contributed by atoms with E-state index in [1.165, 1.54) is 6.42 Å². The summed E-state index contributed by atoms with van der Waals surface area (Å²) in [7, 11) is 1.60. The number of methoxy groups -OCH3 is 1. The Morgan fingerprint density at radius 3 is 2.79 bits per heavy atom. The van der Waals surface area contributed by atoms with Crippen molar-refractivity contribution in [1.82, 2.24) is 0 Å². The fourth-order valence-electron chi connectivity index (χ4n) is 1.78. The second-order valence-corrected chi connectivity index (χ2v) is 4.47. The molecule has 1 saturated carbocycles. The third-order valence-corrected chi connectivity index (χ3v) is 3.12. The normalized spacial score (nSPS) is 14.4. The van der Waals surface area contributed by atoms with E-state index in [2.05, 4.69) is 6.58 Å². The molecule has 0 saturated heterocycles. The van der Waals surface area contributed by atoms with Gasteiger partial charge in [-0.25, -0.2) is 4.79 Å². The maximum absolute atomic E-state index is 11.0. The Hall–Kier alpha value is -1.97. The van der Waals surface area contributed by atoms with Crippen molar-refractivity contribution < 1.29 is 19.0 Å². The van der Waals surface area contributed by atoms with Crippen molar-refractivity contribution in [3.63, 3.8) is 0 Å². The Balaban J connectivity index is 2.02. The Morgan fingerprint density at radius 1 is 1.42 bits per heavy atom. The molecule has 0 heterocycles. The van der Waals surface area contributed by atoms with E-state index in [1.807, 2.05) is 18.2 Å². The number of rotatable bonds is 6. The van der Waals surface area contributed by atoms with Crippen molar-refractivity contribution in [2.75, 3.05) is 7.11 Å². The first-order chi connectivity index (χ1) is 9.22. The van der Waals surface area contributed by atoms with Gasteiger partial charge in [0.25, 0.3) is 0 Å². The molecule has 1 aliphatic rings. The molecular weight excluding hydrogens is 244 g/mol. The molecule has 4 nitrogen and oxygen atoms in total. The zero-order valence-electron chi connectivity index (χ0n) is 11.1. The number of carbonyl (C=O) groups is 1. The van der Waals surface area contributed by atoms with Crippen LogP contribution in [-0.2, 0) is 16.1 Å². The largest absolute Gasteiger partial charge is 0.493 e. The minimum atomic E-state index is -0.436. The van der Waals surface area contributed by atoms with E-state index in [0.717, 1.165) is 30.2 Å². The van der Waals surface area contributed by atoms with Crippen LogP contribution in [0.2, 0.25) is 0 Å². The van der Waals surface area contributed by atoms with Crippen molar-refractivity contribution in [1.29, 1.82) is 0 Å². The van der Waals surface area contributed by atoms with Crippen LogP contribution >= 0.6 is 0 Å². The molecule has 19 heavy (non-hydrogen) atoms. The average Bonchev–Trinajstić information content (AvgIpc) is 2.40. The lowest BCUT2D eigenvalue weighted by molar-refractivity contribution is -0.138. The predicted octanol–water partition coefficient (Wildman–Crippen LogP) is 2.86. The van der Waals surface area contributed by atoms with Crippen molar-refractivity contribution in [2.45, 2.75) is 32.0 Å². The zero-order valence-corrected chi connectivity index (χ0v) is 11.1. The number of hydrogen-bond acceptors (Lipinski definition) is 4. The first-order valence-corrected chi connectivity index (χ1v) is 6.35. The Morgan fingerprint density at radius 2 is 2.21 bits per heavy atom. The van der Waals surface area contributed by atoms with Crippen LogP contribution in [0.25, 0.3) is 0 Å². The smallest absolute Gasteiger partial charge is 0.330 e. The molecule has 0 N–H and O–H groups in total. The summed E-state index contributed by atoms with van der Waals surface area (Å²) in [5.74, 6) is 0.971. The molecule has 0 atom stereocenters. The SMILES string of the molecule is C=CC(=O)OCc1ccc(OC2CCC2)c(OC)c1. The summed E-state index contributed by atoms with van der Waals surface area (Å²) in [5.41, 5.74) is 0.855. The fraction of sp³-hybridized carbons (Fsp3) is 0.400. The van der Waals surface area contributed by atoms with Crippen molar-refractivity contribution in [3.05, 3.63) is 36.4 Å². The van der Waals surface area contributed by atoms with Crippen LogP contribution in [0.1, 0.15) is 24.8 Å². The number of carbonyl (C=O) groups excluding carboxylic acids is 1. The van der Waals surface area contributed by atoms with Gasteiger partial charge >= 0.3 is 5.97 Å². The third-order valence-electron chi connectivity index (χ3n) is 3.12. The highest BCUT2D eigenvalue weighted by Gasteiger charge is 2.20. The van der Waals surface area contributed by atoms with Gasteiger partial charge in [-0.3, -0.25) is 0 Å². The first-order valence-electron chi connectivity index (χ1n) is 6.35. The van der Waals surface area contributed by atoms with Gasteiger partial charge < -0.3 is 14.2 Å². The molecule has 1 fully saturated rings. The number of hydrogen-bond donors (Lipinski definition) is 0. The van der Waals surface area contributed by atoms with Crippen LogP contribution in [-0.4, -0.2) is 19.2 Å². The molecule has 2 rings (SSSR count). The zero-order chi connectivity index (χ0) is 13.7. The lowest BCUT2D eigenvalue weighted by atomic mass is 9.96. The highest BCUT2D eigenvalue weighted by atomic mass is 16.5. The molecule has 0 amide bonds. The minimum Gasteiger partial charge on any atom is -0.493 e. The molecule has 1 aromatic carbocycles. The van der Waals surface area contributed by atoms with Crippen LogP contribution < -0.4 is 9.47 Å². The molecule has 0 aliphatic heterocycles. The quantitative estimate of drug-likeness (QED) is 0.584. The Labute approximate surface area is 113 Å². The molecule has 0 radical (unpaired) electrons. The molecule has 1 aromatic rings. The fourth-order valence-corrected chi connectivity index (χ4v) is 1.78. The van der Waals surface area contributed by atoms with E-state index in [0.29, 0.717) is 11.9 Å². The van der Waals surface area contributed by atoms with E-state index in [4.69, 9.17) is 14.2 Å². The van der Waals surface area contributed by atoms with Crippen molar-refractivity contribution in [3.8, 4) is 11.5 Å². The molecule has 1 aliphatic carbocycles. The number of benzene rings is 1. The molecule has 102 valence electrons. The third kappa shape index (κ3) is 3.50. The predicted molar refractivity (Wildman–Crippen MR) is 71.3 cm³/mol. The summed E-state index contributed by atoms with van der Waals surface area (Å²) in [6.45, 7) is 3.55. The number of esters is 1. The van der Waals surface area contributed by atoms with Crippen LogP contribution in [0.3, 0.4) is 0 Å². The summed E-state index contributed by atoms with van der Waals surface area (Å²) in [5, 5.41) is 0. The molecule has 0 bridgehead atoms. The molecule has 4 heteroatoms. The minimum absolute atomic E-state index is 0.199. The van der Waals surface area contributed by atoms with Crippen LogP contribution in [0, 0.1) is 0 Å². The molecule has 0 spiro atoms. The summed E-state index contributed by atoms with van der Waals surface area (Å²) in [6, 6.07) is 5.55. The highest BCUT2D eigenvalue weighted by Crippen LogP contribution is 2.33. The van der Waals surface area contributed by atoms with Gasteiger partial charge in [0.2, 0.25) is 0 Å². The van der Waals surface area contributed by atoms with E-state index < -0.39 is 5.97 Å². The Bertz CT molecular complexity index is 463. The average molecular weight is 262 g/mol. The molecule has 0 aromatic heterocycles. The van der Waals surface area contributed by atoms with Crippen molar-refractivity contribution >= 4 is 5.97 Å². The molecular formula is C15H18O4. The van der Waals surface area contributed by atoms with Crippen LogP contribution in [0.4, 0.5) is 0 Å². The topological polar surface area (TPSA) is 44.8 Å². The second-order valence-electron chi connectivity index (χ2n) is 4.47. The van der Waals surface area contributed by atoms with Gasteiger partial charge in [0.15, 0.2) is 11.5 Å².